The molecule has 2 aliphatic rings. The fourth-order valence-corrected chi connectivity index (χ4v) is 4.16. The van der Waals surface area contributed by atoms with Crippen molar-refractivity contribution in [3.63, 3.8) is 0 Å². The number of amides is 2. The van der Waals surface area contributed by atoms with Gasteiger partial charge in [-0.05, 0) is 74.2 Å². The molecule has 1 aromatic heterocycles. The van der Waals surface area contributed by atoms with Gasteiger partial charge in [0.2, 0.25) is 0 Å². The Bertz CT molecular complexity index is 946. The summed E-state index contributed by atoms with van der Waals surface area (Å²) < 4.78 is 5.28. The number of hydrogen-bond donors (Lipinski definition) is 1. The number of nitrogens with zero attached hydrogens (tertiary/aromatic N) is 1. The molecule has 0 unspecified atom stereocenters. The maximum atomic E-state index is 12.7. The molecule has 1 aromatic carbocycles. The van der Waals surface area contributed by atoms with Crippen LogP contribution in [0.4, 0.5) is 5.69 Å². The van der Waals surface area contributed by atoms with Crippen molar-refractivity contribution in [1.82, 2.24) is 4.90 Å². The highest BCUT2D eigenvalue weighted by Crippen LogP contribution is 2.33. The van der Waals surface area contributed by atoms with Gasteiger partial charge in [-0.15, -0.1) is 11.3 Å². The molecule has 2 aliphatic carbocycles. The maximum absolute atomic E-state index is 12.7. The van der Waals surface area contributed by atoms with Crippen LogP contribution < -0.4 is 5.32 Å². The summed E-state index contributed by atoms with van der Waals surface area (Å²) in [6.45, 7) is -0.260. The summed E-state index contributed by atoms with van der Waals surface area (Å²) in [6.07, 6.45) is 8.33. The van der Waals surface area contributed by atoms with Crippen molar-refractivity contribution in [1.29, 1.82) is 0 Å². The lowest BCUT2D eigenvalue weighted by atomic mass is 10.0. The van der Waals surface area contributed by atoms with E-state index in [9.17, 15) is 14.4 Å². The van der Waals surface area contributed by atoms with Gasteiger partial charge in [0.15, 0.2) is 6.61 Å². The number of benzene rings is 1. The number of ether oxygens (including phenoxy) is 1. The summed E-state index contributed by atoms with van der Waals surface area (Å²) in [4.78, 5) is 39.6. The lowest BCUT2D eigenvalue weighted by molar-refractivity contribution is -0.133. The molecular weight excluding hydrogens is 400 g/mol. The molecule has 6 nitrogen and oxygen atoms in total. The Balaban J connectivity index is 1.31. The number of rotatable bonds is 7. The van der Waals surface area contributed by atoms with Gasteiger partial charge in [0.25, 0.3) is 11.8 Å². The largest absolute Gasteiger partial charge is 0.452 e. The van der Waals surface area contributed by atoms with Crippen molar-refractivity contribution in [3.05, 3.63) is 64.0 Å². The van der Waals surface area contributed by atoms with E-state index in [0.717, 1.165) is 44.2 Å². The van der Waals surface area contributed by atoms with E-state index in [1.807, 2.05) is 16.3 Å². The number of allylic oxidation sites excluding steroid dienone is 2. The summed E-state index contributed by atoms with van der Waals surface area (Å²) in [6, 6.07) is 10.3. The molecule has 0 saturated heterocycles. The second-order valence-electron chi connectivity index (χ2n) is 7.52. The topological polar surface area (TPSA) is 75.7 Å². The highest BCUT2D eigenvalue weighted by molar-refractivity contribution is 7.12. The zero-order valence-electron chi connectivity index (χ0n) is 16.6. The van der Waals surface area contributed by atoms with Gasteiger partial charge in [-0.3, -0.25) is 9.59 Å². The van der Waals surface area contributed by atoms with Crippen LogP contribution in [0.2, 0.25) is 0 Å². The first-order valence-electron chi connectivity index (χ1n) is 10.2. The first-order valence-corrected chi connectivity index (χ1v) is 11.1. The minimum Gasteiger partial charge on any atom is -0.452 e. The Morgan fingerprint density at radius 1 is 1.10 bits per heavy atom. The van der Waals surface area contributed by atoms with Crippen LogP contribution in [0.5, 0.6) is 0 Å². The van der Waals surface area contributed by atoms with Crippen LogP contribution in [0.15, 0.2) is 53.6 Å². The molecule has 7 heteroatoms. The molecule has 0 spiro atoms. The van der Waals surface area contributed by atoms with Crippen LogP contribution >= 0.6 is 11.3 Å². The van der Waals surface area contributed by atoms with E-state index in [1.54, 1.807) is 30.3 Å². The molecule has 0 bridgehead atoms. The third kappa shape index (κ3) is 4.97. The second-order valence-corrected chi connectivity index (χ2v) is 8.47. The summed E-state index contributed by atoms with van der Waals surface area (Å²) in [5.41, 5.74) is 2.01. The summed E-state index contributed by atoms with van der Waals surface area (Å²) in [7, 11) is 0. The van der Waals surface area contributed by atoms with E-state index in [0.29, 0.717) is 16.1 Å². The fraction of sp³-hybridized carbons (Fsp3) is 0.348. The van der Waals surface area contributed by atoms with Crippen molar-refractivity contribution >= 4 is 34.8 Å². The molecule has 0 aliphatic heterocycles. The molecule has 0 atom stereocenters. The van der Waals surface area contributed by atoms with Crippen molar-refractivity contribution in [2.45, 2.75) is 44.6 Å². The number of nitrogens with one attached hydrogen (secondary N) is 1. The van der Waals surface area contributed by atoms with Gasteiger partial charge in [-0.2, -0.15) is 0 Å². The average molecular weight is 425 g/mol. The summed E-state index contributed by atoms with van der Waals surface area (Å²) in [5, 5.41) is 4.62. The van der Waals surface area contributed by atoms with Crippen molar-refractivity contribution < 1.29 is 19.1 Å². The monoisotopic (exact) mass is 424 g/mol. The molecule has 1 fully saturated rings. The number of anilines is 1. The number of esters is 1. The van der Waals surface area contributed by atoms with Gasteiger partial charge in [-0.1, -0.05) is 12.1 Å². The van der Waals surface area contributed by atoms with Crippen LogP contribution in [0, 0.1) is 0 Å². The summed E-state index contributed by atoms with van der Waals surface area (Å²) >= 11 is 1.36. The molecule has 1 saturated carbocycles. The number of thiophene rings is 1. The molecule has 4 rings (SSSR count). The maximum Gasteiger partial charge on any atom is 0.338 e. The Labute approximate surface area is 179 Å². The lowest BCUT2D eigenvalue weighted by Gasteiger charge is -2.27. The van der Waals surface area contributed by atoms with Gasteiger partial charge in [0.1, 0.15) is 0 Å². The average Bonchev–Trinajstić information content (AvgIpc) is 3.44. The van der Waals surface area contributed by atoms with Crippen LogP contribution in [0.1, 0.15) is 58.6 Å². The zero-order chi connectivity index (χ0) is 20.9. The second kappa shape index (κ2) is 9.26. The molecule has 2 amide bonds. The first-order chi connectivity index (χ1) is 14.6. The van der Waals surface area contributed by atoms with E-state index in [2.05, 4.69) is 11.4 Å². The SMILES string of the molecule is O=C(OCC(=O)N(C1=CCCCC1)C1CC1)c1ccc(NC(=O)c2cccs2)cc1. The quantitative estimate of drug-likeness (QED) is 0.659. The van der Waals surface area contributed by atoms with Gasteiger partial charge in [0, 0.05) is 17.4 Å². The van der Waals surface area contributed by atoms with Crippen LogP contribution in [0.25, 0.3) is 0 Å². The van der Waals surface area contributed by atoms with E-state index >= 15 is 0 Å². The van der Waals surface area contributed by atoms with E-state index in [-0.39, 0.29) is 24.5 Å². The van der Waals surface area contributed by atoms with Crippen molar-refractivity contribution in [3.8, 4) is 0 Å². The molecule has 156 valence electrons. The predicted molar refractivity (Wildman–Crippen MR) is 115 cm³/mol. The third-order valence-corrected chi connectivity index (χ3v) is 6.08. The van der Waals surface area contributed by atoms with Crippen LogP contribution in [-0.2, 0) is 9.53 Å². The molecule has 1 N–H and O–H groups in total. The Kier molecular flexibility index (Phi) is 6.28. The van der Waals surface area contributed by atoms with Crippen molar-refractivity contribution in [2.24, 2.45) is 0 Å². The van der Waals surface area contributed by atoms with Gasteiger partial charge >= 0.3 is 5.97 Å². The number of carbonyl (C=O) groups is 3. The third-order valence-electron chi connectivity index (χ3n) is 5.21. The van der Waals surface area contributed by atoms with Gasteiger partial charge in [0.05, 0.1) is 10.4 Å². The normalized spacial score (nSPS) is 15.8. The minimum atomic E-state index is -0.548. The van der Waals surface area contributed by atoms with E-state index < -0.39 is 5.97 Å². The smallest absolute Gasteiger partial charge is 0.338 e. The number of carbonyl (C=O) groups excluding carboxylic acids is 3. The first kappa shape index (κ1) is 20.3. The molecule has 1 heterocycles. The van der Waals surface area contributed by atoms with Crippen molar-refractivity contribution in [2.75, 3.05) is 11.9 Å². The lowest BCUT2D eigenvalue weighted by Crippen LogP contribution is -2.36. The number of hydrogen-bond acceptors (Lipinski definition) is 5. The Morgan fingerprint density at radius 2 is 1.90 bits per heavy atom. The standard InChI is InChI=1S/C23H24N2O4S/c26-21(25(19-12-13-19)18-5-2-1-3-6-18)15-29-23(28)16-8-10-17(11-9-16)24-22(27)20-7-4-14-30-20/h4-5,7-11,14,19H,1-3,6,12-13,15H2,(H,24,27). The van der Waals surface area contributed by atoms with Gasteiger partial charge < -0.3 is 15.0 Å². The fourth-order valence-electron chi connectivity index (χ4n) is 3.54. The zero-order valence-corrected chi connectivity index (χ0v) is 17.5. The summed E-state index contributed by atoms with van der Waals surface area (Å²) in [5.74, 6) is -0.894. The molecule has 2 aromatic rings. The highest BCUT2D eigenvalue weighted by Gasteiger charge is 2.35. The minimum absolute atomic E-state index is 0.154. The molecule has 0 radical (unpaired) electrons. The highest BCUT2D eigenvalue weighted by atomic mass is 32.1. The van der Waals surface area contributed by atoms with Crippen LogP contribution in [-0.4, -0.2) is 35.3 Å². The predicted octanol–water partition coefficient (Wildman–Crippen LogP) is 4.61. The Morgan fingerprint density at radius 3 is 2.53 bits per heavy atom. The molecular formula is C23H24N2O4S. The van der Waals surface area contributed by atoms with E-state index in [4.69, 9.17) is 4.74 Å². The van der Waals surface area contributed by atoms with E-state index in [1.165, 1.54) is 11.3 Å². The van der Waals surface area contributed by atoms with Gasteiger partial charge in [-0.25, -0.2) is 4.79 Å². The Hall–Kier alpha value is -2.93. The van der Waals surface area contributed by atoms with Crippen LogP contribution in [0.3, 0.4) is 0 Å². The molecule has 30 heavy (non-hydrogen) atoms.